The van der Waals surface area contributed by atoms with E-state index in [1.54, 1.807) is 37.4 Å². The van der Waals surface area contributed by atoms with Crippen molar-refractivity contribution in [3.8, 4) is 26.8 Å². The Hall–Kier alpha value is -1.51. The summed E-state index contributed by atoms with van der Waals surface area (Å²) in [5.41, 5.74) is 0.609. The van der Waals surface area contributed by atoms with Crippen molar-refractivity contribution < 1.29 is 9.13 Å². The van der Waals surface area contributed by atoms with Crippen LogP contribution in [0.2, 0.25) is 10.0 Å². The number of nitrogens with zero attached hydrogens (tertiary/aromatic N) is 1. The second kappa shape index (κ2) is 8.88. The van der Waals surface area contributed by atoms with Gasteiger partial charge in [0.2, 0.25) is 4.38 Å². The number of benzene rings is 2. The van der Waals surface area contributed by atoms with Crippen molar-refractivity contribution in [1.82, 2.24) is 4.98 Å². The highest BCUT2D eigenvalue weighted by molar-refractivity contribution is 8.22. The highest BCUT2D eigenvalue weighted by atomic mass is 35.5. The molecule has 0 saturated heterocycles. The van der Waals surface area contributed by atoms with Crippen molar-refractivity contribution in [2.24, 2.45) is 0 Å². The molecular formula is C19H12Cl2FNO2S3. The number of hydrogen-bond acceptors (Lipinski definition) is 6. The van der Waals surface area contributed by atoms with Crippen molar-refractivity contribution in [3.63, 3.8) is 0 Å². The highest BCUT2D eigenvalue weighted by Crippen LogP contribution is 2.38. The molecule has 0 fully saturated rings. The standard InChI is InChI=1S/C19H12Cl2FNO2S3/c1-9-7-14(22)12(8-13(9)21)15-16(24)23-17(10-3-5-11(20)6-4-10)28-18(15)25-19(26)27-2/h3-8H,1-2H3. The van der Waals surface area contributed by atoms with E-state index in [-0.39, 0.29) is 20.6 Å². The quantitative estimate of drug-likeness (QED) is 0.401. The lowest BCUT2D eigenvalue weighted by atomic mass is 10.1. The molecule has 0 saturated carbocycles. The van der Waals surface area contributed by atoms with Crippen molar-refractivity contribution in [1.29, 1.82) is 0 Å². The van der Waals surface area contributed by atoms with E-state index in [1.807, 2.05) is 0 Å². The molecular weight excluding hydrogens is 460 g/mol. The molecule has 0 spiro atoms. The first-order valence-corrected chi connectivity index (χ1v) is 11.0. The first-order valence-electron chi connectivity index (χ1n) is 7.83. The maximum absolute atomic E-state index is 14.6. The maximum Gasteiger partial charge on any atom is 0.283 e. The number of hydrogen-bond donors (Lipinski definition) is 0. The van der Waals surface area contributed by atoms with Crippen LogP contribution in [0.15, 0.2) is 41.2 Å². The molecule has 3 aromatic rings. The molecule has 9 heteroatoms. The molecule has 0 aliphatic rings. The van der Waals surface area contributed by atoms with Gasteiger partial charge in [-0.25, -0.2) is 4.39 Å². The minimum Gasteiger partial charge on any atom is -0.428 e. The fourth-order valence-corrected chi connectivity index (χ4v) is 3.99. The molecule has 0 N–H and O–H groups in total. The van der Waals surface area contributed by atoms with E-state index in [2.05, 4.69) is 4.98 Å². The number of thiocarbonyl (C=S) groups is 1. The lowest BCUT2D eigenvalue weighted by Gasteiger charge is -2.12. The predicted molar refractivity (Wildman–Crippen MR) is 121 cm³/mol. The molecule has 0 amide bonds. The topological polar surface area (TPSA) is 39.2 Å². The minimum atomic E-state index is -0.638. The lowest BCUT2D eigenvalue weighted by molar-refractivity contribution is 0.593. The van der Waals surface area contributed by atoms with Gasteiger partial charge in [0.05, 0.1) is 0 Å². The zero-order chi connectivity index (χ0) is 20.4. The van der Waals surface area contributed by atoms with E-state index < -0.39 is 11.4 Å². The summed E-state index contributed by atoms with van der Waals surface area (Å²) in [6, 6.07) is 9.52. The third-order valence-electron chi connectivity index (χ3n) is 3.76. The normalized spacial score (nSPS) is 10.8. The average Bonchev–Trinajstić information content (AvgIpc) is 2.65. The van der Waals surface area contributed by atoms with Crippen LogP contribution < -0.4 is 10.3 Å². The fourth-order valence-electron chi connectivity index (χ4n) is 2.37. The van der Waals surface area contributed by atoms with E-state index in [0.717, 1.165) is 11.3 Å². The van der Waals surface area contributed by atoms with Crippen LogP contribution in [-0.2, 0) is 0 Å². The monoisotopic (exact) mass is 471 g/mol. The van der Waals surface area contributed by atoms with E-state index in [1.165, 1.54) is 23.9 Å². The van der Waals surface area contributed by atoms with Gasteiger partial charge in [-0.1, -0.05) is 58.4 Å². The Morgan fingerprint density at radius 2 is 1.93 bits per heavy atom. The zero-order valence-corrected chi connectivity index (χ0v) is 18.5. The van der Waals surface area contributed by atoms with Crippen molar-refractivity contribution in [3.05, 3.63) is 68.2 Å². The van der Waals surface area contributed by atoms with E-state index in [9.17, 15) is 9.18 Å². The number of halogens is 3. The van der Waals surface area contributed by atoms with Gasteiger partial charge in [-0.15, -0.1) is 0 Å². The van der Waals surface area contributed by atoms with Gasteiger partial charge in [0.25, 0.3) is 5.56 Å². The number of thioether (sulfide) groups is 1. The van der Waals surface area contributed by atoms with Gasteiger partial charge < -0.3 is 4.74 Å². The first kappa shape index (κ1) is 21.2. The second-order valence-corrected chi connectivity index (χ2v) is 8.84. The van der Waals surface area contributed by atoms with Crippen LogP contribution in [0.25, 0.3) is 21.7 Å². The summed E-state index contributed by atoms with van der Waals surface area (Å²) in [5.74, 6) is -0.591. The van der Waals surface area contributed by atoms with Gasteiger partial charge in [0.1, 0.15) is 16.4 Å². The third-order valence-corrected chi connectivity index (χ3v) is 6.41. The molecule has 0 aliphatic carbocycles. The summed E-state index contributed by atoms with van der Waals surface area (Å²) in [6.45, 7) is 1.68. The molecule has 1 heterocycles. The number of aromatic nitrogens is 1. The minimum absolute atomic E-state index is 0.0153. The smallest absolute Gasteiger partial charge is 0.283 e. The molecule has 2 aromatic carbocycles. The SMILES string of the molecule is CSC(=S)Oc1sc(-c2ccc(Cl)cc2)nc(=O)c1-c1cc(Cl)c(C)cc1F. The number of rotatable bonds is 3. The van der Waals surface area contributed by atoms with Crippen LogP contribution in [-0.4, -0.2) is 15.6 Å². The molecule has 0 atom stereocenters. The predicted octanol–water partition coefficient (Wildman–Crippen LogP) is 6.62. The third kappa shape index (κ3) is 4.55. The van der Waals surface area contributed by atoms with E-state index in [0.29, 0.717) is 26.2 Å². The Morgan fingerprint density at radius 3 is 2.57 bits per heavy atom. The second-order valence-electron chi connectivity index (χ2n) is 5.63. The van der Waals surface area contributed by atoms with Crippen molar-refractivity contribution >= 4 is 62.9 Å². The van der Waals surface area contributed by atoms with E-state index >= 15 is 0 Å². The van der Waals surface area contributed by atoms with Crippen LogP contribution >= 0.6 is 58.5 Å². The fraction of sp³-hybridized carbons (Fsp3) is 0.105. The van der Waals surface area contributed by atoms with Gasteiger partial charge in [0.15, 0.2) is 5.06 Å². The van der Waals surface area contributed by atoms with Crippen LogP contribution in [0, 0.1) is 12.7 Å². The summed E-state index contributed by atoms with van der Waals surface area (Å²) in [6.07, 6.45) is 1.75. The van der Waals surface area contributed by atoms with Crippen molar-refractivity contribution in [2.75, 3.05) is 6.26 Å². The zero-order valence-electron chi connectivity index (χ0n) is 14.6. The number of ether oxygens (including phenoxy) is 1. The molecule has 0 aliphatic heterocycles. The summed E-state index contributed by atoms with van der Waals surface area (Å²) in [4.78, 5) is 17.0. The Labute approximate surface area is 184 Å². The lowest BCUT2D eigenvalue weighted by Crippen LogP contribution is -2.13. The maximum atomic E-state index is 14.6. The Kier molecular flexibility index (Phi) is 6.73. The number of aryl methyl sites for hydroxylation is 1. The average molecular weight is 472 g/mol. The summed E-state index contributed by atoms with van der Waals surface area (Å²) in [7, 11) is 0. The Balaban J connectivity index is 2.24. The van der Waals surface area contributed by atoms with Crippen LogP contribution in [0.1, 0.15) is 5.56 Å². The van der Waals surface area contributed by atoms with Crippen LogP contribution in [0.5, 0.6) is 5.06 Å². The van der Waals surface area contributed by atoms with Gasteiger partial charge in [0, 0.05) is 21.2 Å². The Bertz CT molecular complexity index is 1120. The van der Waals surface area contributed by atoms with Gasteiger partial charge in [-0.3, -0.25) is 4.79 Å². The van der Waals surface area contributed by atoms with Crippen LogP contribution in [0.4, 0.5) is 4.39 Å². The molecule has 28 heavy (non-hydrogen) atoms. The molecule has 1 aromatic heterocycles. The molecule has 144 valence electrons. The largest absolute Gasteiger partial charge is 0.428 e. The van der Waals surface area contributed by atoms with Gasteiger partial charge in [-0.05, 0) is 55.2 Å². The molecule has 3 nitrogen and oxygen atoms in total. The highest BCUT2D eigenvalue weighted by Gasteiger charge is 2.21. The molecule has 0 unspecified atom stereocenters. The first-order chi connectivity index (χ1) is 13.3. The van der Waals surface area contributed by atoms with E-state index in [4.69, 9.17) is 40.2 Å². The van der Waals surface area contributed by atoms with Crippen LogP contribution in [0.3, 0.4) is 0 Å². The van der Waals surface area contributed by atoms with Crippen molar-refractivity contribution in [2.45, 2.75) is 6.92 Å². The molecule has 0 bridgehead atoms. The molecule has 3 rings (SSSR count). The summed E-state index contributed by atoms with van der Waals surface area (Å²) in [5, 5.41) is 1.45. The summed E-state index contributed by atoms with van der Waals surface area (Å²) >= 11 is 19.5. The molecule has 0 radical (unpaired) electrons. The van der Waals surface area contributed by atoms with Gasteiger partial charge in [-0.2, -0.15) is 4.98 Å². The summed E-state index contributed by atoms with van der Waals surface area (Å²) < 4.78 is 20.5. The Morgan fingerprint density at radius 1 is 1.25 bits per heavy atom. The van der Waals surface area contributed by atoms with Gasteiger partial charge >= 0.3 is 0 Å².